The van der Waals surface area contributed by atoms with Crippen molar-refractivity contribution in [1.29, 1.82) is 0 Å². The Bertz CT molecular complexity index is 984. The van der Waals surface area contributed by atoms with Crippen LogP contribution in [0, 0.1) is 15.9 Å². The summed E-state index contributed by atoms with van der Waals surface area (Å²) in [7, 11) is 1.14. The highest BCUT2D eigenvalue weighted by molar-refractivity contribution is 5.79. The molecule has 116 valence electrons. The van der Waals surface area contributed by atoms with Crippen LogP contribution in [-0.4, -0.2) is 22.0 Å². The maximum absolute atomic E-state index is 14.0. The van der Waals surface area contributed by atoms with E-state index in [4.69, 9.17) is 4.74 Å². The summed E-state index contributed by atoms with van der Waals surface area (Å²) in [6.07, 6.45) is 0. The van der Waals surface area contributed by atoms with Crippen LogP contribution in [0.1, 0.15) is 0 Å². The minimum Gasteiger partial charge on any atom is -0.488 e. The second-order valence-electron chi connectivity index (χ2n) is 4.70. The number of hydrogen-bond acceptors (Lipinski definition) is 5. The van der Waals surface area contributed by atoms with E-state index in [0.717, 1.165) is 19.2 Å². The van der Waals surface area contributed by atoms with E-state index in [1.807, 2.05) is 0 Å². The number of nitrogens with zero attached hydrogens (tertiary/aromatic N) is 2. The smallest absolute Gasteiger partial charge is 0.314 e. The van der Waals surface area contributed by atoms with Crippen molar-refractivity contribution in [2.45, 2.75) is 0 Å². The van der Waals surface area contributed by atoms with E-state index in [9.17, 15) is 19.3 Å². The lowest BCUT2D eigenvalue weighted by atomic mass is 10.1. The van der Waals surface area contributed by atoms with Crippen molar-refractivity contribution in [3.63, 3.8) is 0 Å². The number of nitrogens with one attached hydrogen (secondary N) is 1. The van der Waals surface area contributed by atoms with Crippen molar-refractivity contribution in [2.75, 3.05) is 7.11 Å². The van der Waals surface area contributed by atoms with Gasteiger partial charge in [-0.2, -0.15) is 0 Å². The molecule has 7 nitrogen and oxygen atoms in total. The van der Waals surface area contributed by atoms with Crippen LogP contribution in [0.5, 0.6) is 5.75 Å². The van der Waals surface area contributed by atoms with E-state index >= 15 is 0 Å². The number of methoxy groups -OCH3 is 1. The lowest BCUT2D eigenvalue weighted by Crippen LogP contribution is -2.09. The van der Waals surface area contributed by atoms with Crippen molar-refractivity contribution in [1.82, 2.24) is 9.97 Å². The Morgan fingerprint density at radius 2 is 2.04 bits per heavy atom. The quantitative estimate of drug-likeness (QED) is 0.592. The van der Waals surface area contributed by atoms with Gasteiger partial charge in [-0.15, -0.1) is 0 Å². The molecule has 0 aliphatic heterocycles. The van der Waals surface area contributed by atoms with Crippen LogP contribution in [0.2, 0.25) is 0 Å². The first kappa shape index (κ1) is 14.6. The highest BCUT2D eigenvalue weighted by Gasteiger charge is 2.22. The van der Waals surface area contributed by atoms with Gasteiger partial charge in [-0.1, -0.05) is 12.1 Å². The lowest BCUT2D eigenvalue weighted by Gasteiger charge is -2.07. The molecule has 0 atom stereocenters. The third-order valence-corrected chi connectivity index (χ3v) is 3.31. The SMILES string of the molecule is COc1c(F)cc(-c2nc3ccccc3c(=O)[nH]2)cc1[N+](=O)[O-]. The molecule has 0 unspecified atom stereocenters. The first-order valence-corrected chi connectivity index (χ1v) is 6.52. The van der Waals surface area contributed by atoms with Gasteiger partial charge in [0.15, 0.2) is 5.82 Å². The Morgan fingerprint density at radius 1 is 1.30 bits per heavy atom. The summed E-state index contributed by atoms with van der Waals surface area (Å²) in [6.45, 7) is 0. The van der Waals surface area contributed by atoms with Gasteiger partial charge in [0.05, 0.1) is 22.9 Å². The van der Waals surface area contributed by atoms with Crippen LogP contribution in [-0.2, 0) is 0 Å². The normalized spacial score (nSPS) is 10.7. The van der Waals surface area contributed by atoms with Gasteiger partial charge in [-0.3, -0.25) is 14.9 Å². The Balaban J connectivity index is 2.27. The number of halogens is 1. The summed E-state index contributed by atoms with van der Waals surface area (Å²) < 4.78 is 18.7. The fraction of sp³-hybridized carbons (Fsp3) is 0.0667. The number of benzene rings is 2. The van der Waals surface area contributed by atoms with Gasteiger partial charge in [-0.25, -0.2) is 9.37 Å². The van der Waals surface area contributed by atoms with Crippen LogP contribution in [0.25, 0.3) is 22.3 Å². The molecule has 0 amide bonds. The maximum atomic E-state index is 14.0. The molecule has 3 rings (SSSR count). The summed E-state index contributed by atoms with van der Waals surface area (Å²) in [4.78, 5) is 29.1. The van der Waals surface area contributed by atoms with Crippen molar-refractivity contribution in [3.8, 4) is 17.1 Å². The molecule has 8 heteroatoms. The zero-order chi connectivity index (χ0) is 16.6. The average Bonchev–Trinajstić information content (AvgIpc) is 2.54. The van der Waals surface area contributed by atoms with Crippen LogP contribution in [0.15, 0.2) is 41.2 Å². The third-order valence-electron chi connectivity index (χ3n) is 3.31. The summed E-state index contributed by atoms with van der Waals surface area (Å²) in [5.74, 6) is -1.34. The average molecular weight is 315 g/mol. The van der Waals surface area contributed by atoms with Gasteiger partial charge >= 0.3 is 5.69 Å². The van der Waals surface area contributed by atoms with Gasteiger partial charge in [0, 0.05) is 11.6 Å². The number of nitro groups is 1. The second kappa shape index (κ2) is 5.48. The number of nitro benzene ring substituents is 1. The van der Waals surface area contributed by atoms with Crippen LogP contribution in [0.4, 0.5) is 10.1 Å². The first-order valence-electron chi connectivity index (χ1n) is 6.52. The first-order chi connectivity index (χ1) is 11.0. The number of aromatic amines is 1. The molecular formula is C15H10FN3O4. The maximum Gasteiger partial charge on any atom is 0.314 e. The van der Waals surface area contributed by atoms with Gasteiger partial charge in [0.1, 0.15) is 5.82 Å². The molecule has 0 saturated carbocycles. The van der Waals surface area contributed by atoms with E-state index in [1.54, 1.807) is 24.3 Å². The fourth-order valence-corrected chi connectivity index (χ4v) is 2.28. The molecule has 23 heavy (non-hydrogen) atoms. The third kappa shape index (κ3) is 2.50. The predicted octanol–water partition coefficient (Wildman–Crippen LogP) is 2.65. The summed E-state index contributed by atoms with van der Waals surface area (Å²) in [5, 5.41) is 11.4. The van der Waals surface area contributed by atoms with Gasteiger partial charge in [-0.05, 0) is 18.2 Å². The Kier molecular flexibility index (Phi) is 3.49. The van der Waals surface area contributed by atoms with Crippen molar-refractivity contribution < 1.29 is 14.1 Å². The van der Waals surface area contributed by atoms with Gasteiger partial charge in [0.2, 0.25) is 5.75 Å². The van der Waals surface area contributed by atoms with E-state index in [2.05, 4.69) is 9.97 Å². The Labute approximate surface area is 128 Å². The molecule has 0 aliphatic rings. The van der Waals surface area contributed by atoms with Crippen molar-refractivity contribution in [2.24, 2.45) is 0 Å². The van der Waals surface area contributed by atoms with Crippen LogP contribution < -0.4 is 10.3 Å². The van der Waals surface area contributed by atoms with Crippen molar-refractivity contribution in [3.05, 3.63) is 62.7 Å². The molecule has 3 aromatic rings. The highest BCUT2D eigenvalue weighted by Crippen LogP contribution is 2.34. The topological polar surface area (TPSA) is 98.1 Å². The van der Waals surface area contributed by atoms with E-state index < -0.39 is 27.7 Å². The number of rotatable bonds is 3. The monoisotopic (exact) mass is 315 g/mol. The minimum atomic E-state index is -0.910. The summed E-state index contributed by atoms with van der Waals surface area (Å²) >= 11 is 0. The molecule has 1 aromatic heterocycles. The molecule has 0 fully saturated rings. The molecule has 0 spiro atoms. The van der Waals surface area contributed by atoms with Crippen molar-refractivity contribution >= 4 is 16.6 Å². The Morgan fingerprint density at radius 3 is 2.74 bits per heavy atom. The number of para-hydroxylation sites is 1. The predicted molar refractivity (Wildman–Crippen MR) is 81.0 cm³/mol. The van der Waals surface area contributed by atoms with E-state index in [-0.39, 0.29) is 11.4 Å². The van der Waals surface area contributed by atoms with E-state index in [1.165, 1.54) is 0 Å². The number of ether oxygens (including phenoxy) is 1. The molecule has 2 aromatic carbocycles. The molecule has 0 bridgehead atoms. The number of aromatic nitrogens is 2. The molecule has 1 heterocycles. The summed E-state index contributed by atoms with van der Waals surface area (Å²) in [6, 6.07) is 8.75. The zero-order valence-corrected chi connectivity index (χ0v) is 11.9. The molecule has 1 N–H and O–H groups in total. The lowest BCUT2D eigenvalue weighted by molar-refractivity contribution is -0.385. The highest BCUT2D eigenvalue weighted by atomic mass is 19.1. The second-order valence-corrected chi connectivity index (χ2v) is 4.70. The number of fused-ring (bicyclic) bond motifs is 1. The fourth-order valence-electron chi connectivity index (χ4n) is 2.28. The molecule has 0 saturated heterocycles. The van der Waals surface area contributed by atoms with Gasteiger partial charge in [0.25, 0.3) is 5.56 Å². The van der Waals surface area contributed by atoms with E-state index in [0.29, 0.717) is 10.9 Å². The largest absolute Gasteiger partial charge is 0.488 e. The molecule has 0 aliphatic carbocycles. The number of hydrogen-bond donors (Lipinski definition) is 1. The molecule has 0 radical (unpaired) electrons. The standard InChI is InChI=1S/C15H10FN3O4/c1-23-13-10(16)6-8(7-12(13)19(21)22)14-17-11-5-3-2-4-9(11)15(20)18-14/h2-7H,1H3,(H,17,18,20). The van der Waals surface area contributed by atoms with Gasteiger partial charge < -0.3 is 9.72 Å². The summed E-state index contributed by atoms with van der Waals surface area (Å²) in [5.41, 5.74) is -0.467. The van der Waals surface area contributed by atoms with Crippen LogP contribution in [0.3, 0.4) is 0 Å². The number of H-pyrrole nitrogens is 1. The zero-order valence-electron chi connectivity index (χ0n) is 11.9. The molecular weight excluding hydrogens is 305 g/mol. The van der Waals surface area contributed by atoms with Crippen LogP contribution >= 0.6 is 0 Å². The Hall–Kier alpha value is -3.29. The minimum absolute atomic E-state index is 0.0401.